The number of hydrogen-bond acceptors (Lipinski definition) is 4. The number of aromatic hydroxyl groups is 1. The van der Waals surface area contributed by atoms with E-state index in [4.69, 9.17) is 4.74 Å². The molecule has 0 heterocycles. The van der Waals surface area contributed by atoms with Crippen molar-refractivity contribution in [1.29, 1.82) is 0 Å². The molecule has 0 saturated heterocycles. The quantitative estimate of drug-likeness (QED) is 0.896. The van der Waals surface area contributed by atoms with Crippen molar-refractivity contribution in [2.24, 2.45) is 0 Å². The van der Waals surface area contributed by atoms with E-state index in [2.05, 4.69) is 0 Å². The number of phenolic OH excluding ortho intramolecular Hbond substituents is 1. The smallest absolute Gasteiger partial charge is 0.454 e. The summed E-state index contributed by atoms with van der Waals surface area (Å²) in [6, 6.07) is 4.35. The van der Waals surface area contributed by atoms with E-state index in [1.807, 2.05) is 0 Å². The van der Waals surface area contributed by atoms with E-state index in [9.17, 15) is 28.2 Å². The molecule has 4 nitrogen and oxygen atoms in total. The molecule has 7 heteroatoms. The van der Waals surface area contributed by atoms with Gasteiger partial charge < -0.3 is 14.9 Å². The lowest BCUT2D eigenvalue weighted by Crippen LogP contribution is -2.24. The molecule has 118 valence electrons. The minimum absolute atomic E-state index is 0.0798. The predicted molar refractivity (Wildman–Crippen MR) is 72.6 cm³/mol. The Bertz CT molecular complexity index is 672. The van der Waals surface area contributed by atoms with Gasteiger partial charge in [0.25, 0.3) is 5.78 Å². The highest BCUT2D eigenvalue weighted by atomic mass is 19.4. The number of aliphatic hydroxyl groups excluding tert-OH is 1. The normalized spacial score (nSPS) is 17.2. The number of alkyl halides is 3. The number of benzene rings is 1. The highest BCUT2D eigenvalue weighted by molar-refractivity contribution is 6.01. The topological polar surface area (TPSA) is 66.8 Å². The monoisotopic (exact) mass is 314 g/mol. The Morgan fingerprint density at radius 2 is 1.95 bits per heavy atom. The number of aliphatic hydroxyl groups is 1. The molecule has 1 aromatic carbocycles. The summed E-state index contributed by atoms with van der Waals surface area (Å²) in [5, 5.41) is 19.3. The van der Waals surface area contributed by atoms with Crippen LogP contribution in [-0.4, -0.2) is 29.3 Å². The Morgan fingerprint density at radius 1 is 1.27 bits per heavy atom. The number of methoxy groups -OCH3 is 1. The van der Waals surface area contributed by atoms with Gasteiger partial charge in [-0.3, -0.25) is 4.79 Å². The van der Waals surface area contributed by atoms with Gasteiger partial charge in [-0.1, -0.05) is 6.07 Å². The largest absolute Gasteiger partial charge is 0.507 e. The Kier molecular flexibility index (Phi) is 4.16. The number of hydrogen-bond donors (Lipinski definition) is 2. The van der Waals surface area contributed by atoms with Gasteiger partial charge in [-0.25, -0.2) is 0 Å². The van der Waals surface area contributed by atoms with Crippen LogP contribution in [0, 0.1) is 0 Å². The van der Waals surface area contributed by atoms with Gasteiger partial charge in [-0.15, -0.1) is 0 Å². The van der Waals surface area contributed by atoms with Gasteiger partial charge in [0.1, 0.15) is 5.76 Å². The van der Waals surface area contributed by atoms with Crippen LogP contribution < -0.4 is 4.74 Å². The van der Waals surface area contributed by atoms with Gasteiger partial charge >= 0.3 is 6.18 Å². The average molecular weight is 314 g/mol. The van der Waals surface area contributed by atoms with Gasteiger partial charge in [-0.2, -0.15) is 13.2 Å². The lowest BCUT2D eigenvalue weighted by molar-refractivity contribution is -0.166. The lowest BCUT2D eigenvalue weighted by Gasteiger charge is -2.06. The van der Waals surface area contributed by atoms with Crippen LogP contribution in [0.1, 0.15) is 18.4 Å². The zero-order valence-electron chi connectivity index (χ0n) is 11.6. The SMILES string of the molecule is COc1cc(/C=C2\CCC(C(=O)C(F)(F)F)=C2O)ccc1O. The van der Waals surface area contributed by atoms with Crippen molar-refractivity contribution in [1.82, 2.24) is 0 Å². The summed E-state index contributed by atoms with van der Waals surface area (Å²) in [5.41, 5.74) is 0.141. The van der Waals surface area contributed by atoms with Crippen molar-refractivity contribution in [2.45, 2.75) is 19.0 Å². The molecule has 0 radical (unpaired) electrons. The van der Waals surface area contributed by atoms with E-state index in [1.54, 1.807) is 0 Å². The van der Waals surface area contributed by atoms with E-state index in [0.717, 1.165) is 0 Å². The molecule has 0 spiro atoms. The third-order valence-electron chi connectivity index (χ3n) is 3.31. The number of halogens is 3. The van der Waals surface area contributed by atoms with Crippen molar-refractivity contribution in [3.8, 4) is 11.5 Å². The van der Waals surface area contributed by atoms with Crippen LogP contribution >= 0.6 is 0 Å². The fraction of sp³-hybridized carbons (Fsp3) is 0.267. The molecule has 0 atom stereocenters. The summed E-state index contributed by atoms with van der Waals surface area (Å²) in [4.78, 5) is 11.2. The molecule has 1 aliphatic carbocycles. The van der Waals surface area contributed by atoms with E-state index >= 15 is 0 Å². The third kappa shape index (κ3) is 3.08. The molecule has 0 amide bonds. The summed E-state index contributed by atoms with van der Waals surface area (Å²) in [6.07, 6.45) is -3.58. The number of carbonyl (C=O) groups excluding carboxylic acids is 1. The Hall–Kier alpha value is -2.44. The Balaban J connectivity index is 2.35. The molecule has 0 aliphatic heterocycles. The molecule has 0 fully saturated rings. The van der Waals surface area contributed by atoms with Crippen LogP contribution in [0.3, 0.4) is 0 Å². The van der Waals surface area contributed by atoms with Gasteiger partial charge in [0.15, 0.2) is 11.5 Å². The molecule has 2 N–H and O–H groups in total. The number of allylic oxidation sites excluding steroid dienone is 2. The van der Waals surface area contributed by atoms with Crippen LogP contribution in [-0.2, 0) is 4.79 Å². The second-order valence-electron chi connectivity index (χ2n) is 4.75. The summed E-state index contributed by atoms with van der Waals surface area (Å²) in [6.45, 7) is 0. The molecular weight excluding hydrogens is 301 g/mol. The first-order valence-corrected chi connectivity index (χ1v) is 6.35. The minimum Gasteiger partial charge on any atom is -0.507 e. The van der Waals surface area contributed by atoms with Gasteiger partial charge in [0.05, 0.1) is 7.11 Å². The summed E-state index contributed by atoms with van der Waals surface area (Å²) < 4.78 is 42.2. The zero-order chi connectivity index (χ0) is 16.5. The fourth-order valence-corrected chi connectivity index (χ4v) is 2.21. The van der Waals surface area contributed by atoms with Crippen molar-refractivity contribution in [3.63, 3.8) is 0 Å². The predicted octanol–water partition coefficient (Wildman–Crippen LogP) is 3.52. The van der Waals surface area contributed by atoms with Gasteiger partial charge in [0.2, 0.25) is 0 Å². The average Bonchev–Trinajstić information content (AvgIpc) is 2.80. The maximum atomic E-state index is 12.4. The van der Waals surface area contributed by atoms with Crippen LogP contribution in [0.15, 0.2) is 35.1 Å². The molecule has 1 aliphatic rings. The molecule has 22 heavy (non-hydrogen) atoms. The molecule has 0 bridgehead atoms. The van der Waals surface area contributed by atoms with Gasteiger partial charge in [0, 0.05) is 5.57 Å². The van der Waals surface area contributed by atoms with Crippen LogP contribution in [0.2, 0.25) is 0 Å². The Morgan fingerprint density at radius 3 is 2.55 bits per heavy atom. The van der Waals surface area contributed by atoms with Crippen LogP contribution in [0.5, 0.6) is 11.5 Å². The molecule has 0 unspecified atom stereocenters. The number of ketones is 1. The molecule has 1 aromatic rings. The first-order chi connectivity index (χ1) is 10.2. The van der Waals surface area contributed by atoms with Crippen molar-refractivity contribution in [2.75, 3.05) is 7.11 Å². The van der Waals surface area contributed by atoms with Crippen molar-refractivity contribution >= 4 is 11.9 Å². The van der Waals surface area contributed by atoms with E-state index in [1.165, 1.54) is 31.4 Å². The summed E-state index contributed by atoms with van der Waals surface area (Å²) in [7, 11) is 1.36. The van der Waals surface area contributed by atoms with E-state index in [-0.39, 0.29) is 29.9 Å². The van der Waals surface area contributed by atoms with E-state index in [0.29, 0.717) is 5.56 Å². The van der Waals surface area contributed by atoms with Crippen molar-refractivity contribution < 1.29 is 32.9 Å². The number of carbonyl (C=O) groups is 1. The lowest BCUT2D eigenvalue weighted by atomic mass is 10.1. The van der Waals surface area contributed by atoms with Gasteiger partial charge in [-0.05, 0) is 42.2 Å². The van der Waals surface area contributed by atoms with Crippen LogP contribution in [0.4, 0.5) is 13.2 Å². The third-order valence-corrected chi connectivity index (χ3v) is 3.31. The highest BCUT2D eigenvalue weighted by Gasteiger charge is 2.43. The number of ether oxygens (including phenoxy) is 1. The highest BCUT2D eigenvalue weighted by Crippen LogP contribution is 2.36. The second kappa shape index (κ2) is 5.75. The maximum Gasteiger partial charge on any atom is 0.454 e. The van der Waals surface area contributed by atoms with Crippen LogP contribution in [0.25, 0.3) is 6.08 Å². The first-order valence-electron chi connectivity index (χ1n) is 6.35. The molecular formula is C15H13F3O4. The zero-order valence-corrected chi connectivity index (χ0v) is 11.6. The van der Waals surface area contributed by atoms with Crippen molar-refractivity contribution in [3.05, 3.63) is 40.7 Å². The second-order valence-corrected chi connectivity index (χ2v) is 4.75. The number of phenols is 1. The standard InChI is InChI=1S/C15H13F3O4/c1-22-12-7-8(2-5-11(12)19)6-9-3-4-10(13(9)20)14(21)15(16,17)18/h2,5-7,19-20H,3-4H2,1H3/b9-6+. The van der Waals surface area contributed by atoms with E-state index < -0.39 is 23.3 Å². The maximum absolute atomic E-state index is 12.4. The molecule has 0 saturated carbocycles. The minimum atomic E-state index is -5.00. The summed E-state index contributed by atoms with van der Waals surface area (Å²) >= 11 is 0. The summed E-state index contributed by atoms with van der Waals surface area (Å²) in [5.74, 6) is -2.53. The number of Topliss-reactive ketones (excluding diaryl/α,β-unsaturated/α-hetero) is 1. The fourth-order valence-electron chi connectivity index (χ4n) is 2.21. The molecule has 2 rings (SSSR count). The Labute approximate surface area is 124 Å². The number of rotatable bonds is 3. The first kappa shape index (κ1) is 15.9. The molecule has 0 aromatic heterocycles.